The SMILES string of the molecule is CCOC(=O)/C(CCc1ccccc1)=C(/C)c1ccc(Br)cc1. The number of aryl methyl sites for hydroxylation is 1. The van der Waals surface area contributed by atoms with Gasteiger partial charge in [0.05, 0.1) is 6.61 Å². The fourth-order valence-electron chi connectivity index (χ4n) is 2.45. The average Bonchev–Trinajstić information content (AvgIpc) is 2.56. The molecule has 2 aromatic rings. The van der Waals surface area contributed by atoms with Crippen LogP contribution in [0.15, 0.2) is 64.6 Å². The first-order valence-electron chi connectivity index (χ1n) is 7.78. The molecule has 2 nitrogen and oxygen atoms in total. The van der Waals surface area contributed by atoms with Crippen molar-refractivity contribution in [2.45, 2.75) is 26.7 Å². The number of rotatable bonds is 6. The van der Waals surface area contributed by atoms with Gasteiger partial charge in [-0.05, 0) is 55.5 Å². The third kappa shape index (κ3) is 5.07. The molecule has 0 unspecified atom stereocenters. The topological polar surface area (TPSA) is 26.3 Å². The second-order valence-corrected chi connectivity index (χ2v) is 6.23. The highest BCUT2D eigenvalue weighted by atomic mass is 79.9. The normalized spacial score (nSPS) is 11.8. The molecule has 2 aromatic carbocycles. The lowest BCUT2D eigenvalue weighted by atomic mass is 9.96. The Balaban J connectivity index is 2.27. The summed E-state index contributed by atoms with van der Waals surface area (Å²) in [6, 6.07) is 18.2. The van der Waals surface area contributed by atoms with E-state index in [0.717, 1.165) is 27.6 Å². The van der Waals surface area contributed by atoms with E-state index >= 15 is 0 Å². The zero-order valence-corrected chi connectivity index (χ0v) is 15.1. The molecule has 23 heavy (non-hydrogen) atoms. The van der Waals surface area contributed by atoms with Crippen molar-refractivity contribution in [1.29, 1.82) is 0 Å². The predicted molar refractivity (Wildman–Crippen MR) is 98.1 cm³/mol. The molecule has 2 rings (SSSR count). The van der Waals surface area contributed by atoms with Crippen LogP contribution in [0.5, 0.6) is 0 Å². The minimum atomic E-state index is -0.219. The smallest absolute Gasteiger partial charge is 0.334 e. The zero-order valence-electron chi connectivity index (χ0n) is 13.5. The Hall–Kier alpha value is -1.87. The first-order valence-corrected chi connectivity index (χ1v) is 8.58. The van der Waals surface area contributed by atoms with Crippen LogP contribution in [0.2, 0.25) is 0 Å². The van der Waals surface area contributed by atoms with Gasteiger partial charge in [0.1, 0.15) is 0 Å². The molecule has 0 saturated heterocycles. The number of carbonyl (C=O) groups excluding carboxylic acids is 1. The lowest BCUT2D eigenvalue weighted by molar-refractivity contribution is -0.138. The van der Waals surface area contributed by atoms with E-state index in [0.29, 0.717) is 13.0 Å². The van der Waals surface area contributed by atoms with E-state index in [-0.39, 0.29) is 5.97 Å². The predicted octanol–water partition coefficient (Wildman–Crippen LogP) is 5.42. The summed E-state index contributed by atoms with van der Waals surface area (Å²) < 4.78 is 6.28. The van der Waals surface area contributed by atoms with E-state index in [1.165, 1.54) is 5.56 Å². The Morgan fingerprint density at radius 3 is 2.30 bits per heavy atom. The first kappa shape index (κ1) is 17.5. The van der Waals surface area contributed by atoms with Gasteiger partial charge in [0.25, 0.3) is 0 Å². The molecule has 120 valence electrons. The van der Waals surface area contributed by atoms with Gasteiger partial charge < -0.3 is 4.74 Å². The standard InChI is InChI=1S/C20H21BrO2/c1-3-23-20(22)19(14-9-16-7-5-4-6-8-16)15(2)17-10-12-18(21)13-11-17/h4-8,10-13H,3,9,14H2,1-2H3/b19-15-. The Morgan fingerprint density at radius 2 is 1.70 bits per heavy atom. The van der Waals surface area contributed by atoms with Gasteiger partial charge in [-0.2, -0.15) is 0 Å². The van der Waals surface area contributed by atoms with Gasteiger partial charge in [-0.3, -0.25) is 0 Å². The van der Waals surface area contributed by atoms with Crippen LogP contribution < -0.4 is 0 Å². The van der Waals surface area contributed by atoms with Crippen LogP contribution >= 0.6 is 15.9 Å². The fourth-order valence-corrected chi connectivity index (χ4v) is 2.71. The molecule has 0 bridgehead atoms. The van der Waals surface area contributed by atoms with E-state index in [9.17, 15) is 4.79 Å². The van der Waals surface area contributed by atoms with Gasteiger partial charge in [-0.1, -0.05) is 58.4 Å². The molecule has 0 saturated carbocycles. The summed E-state index contributed by atoms with van der Waals surface area (Å²) in [5.41, 5.74) is 3.99. The molecule has 0 atom stereocenters. The van der Waals surface area contributed by atoms with Crippen LogP contribution in [-0.4, -0.2) is 12.6 Å². The lowest BCUT2D eigenvalue weighted by Gasteiger charge is -2.12. The molecule has 0 heterocycles. The van der Waals surface area contributed by atoms with Crippen molar-refractivity contribution in [2.75, 3.05) is 6.61 Å². The van der Waals surface area contributed by atoms with Crippen LogP contribution in [0, 0.1) is 0 Å². The molecule has 0 amide bonds. The van der Waals surface area contributed by atoms with Crippen LogP contribution in [0.25, 0.3) is 5.57 Å². The van der Waals surface area contributed by atoms with Crippen LogP contribution in [0.4, 0.5) is 0 Å². The number of allylic oxidation sites excluding steroid dienone is 1. The molecule has 0 radical (unpaired) electrons. The molecule has 0 aromatic heterocycles. The Bertz CT molecular complexity index is 673. The Kier molecular flexibility index (Phi) is 6.60. The van der Waals surface area contributed by atoms with Crippen LogP contribution in [-0.2, 0) is 16.0 Å². The van der Waals surface area contributed by atoms with Crippen molar-refractivity contribution in [3.8, 4) is 0 Å². The van der Waals surface area contributed by atoms with Gasteiger partial charge in [-0.15, -0.1) is 0 Å². The zero-order chi connectivity index (χ0) is 16.7. The molecular weight excluding hydrogens is 352 g/mol. The number of benzene rings is 2. The largest absolute Gasteiger partial charge is 0.463 e. The number of hydrogen-bond acceptors (Lipinski definition) is 2. The van der Waals surface area contributed by atoms with E-state index in [1.54, 1.807) is 0 Å². The summed E-state index contributed by atoms with van der Waals surface area (Å²) in [6.45, 7) is 4.21. The summed E-state index contributed by atoms with van der Waals surface area (Å²) in [5.74, 6) is -0.219. The first-order chi connectivity index (χ1) is 11.1. The van der Waals surface area contributed by atoms with Crippen molar-refractivity contribution < 1.29 is 9.53 Å². The van der Waals surface area contributed by atoms with Crippen molar-refractivity contribution in [1.82, 2.24) is 0 Å². The van der Waals surface area contributed by atoms with E-state index in [2.05, 4.69) is 28.1 Å². The van der Waals surface area contributed by atoms with Gasteiger partial charge >= 0.3 is 5.97 Å². The monoisotopic (exact) mass is 372 g/mol. The van der Waals surface area contributed by atoms with Crippen molar-refractivity contribution in [3.63, 3.8) is 0 Å². The third-order valence-corrected chi connectivity index (χ3v) is 4.29. The minimum Gasteiger partial charge on any atom is -0.463 e. The maximum atomic E-state index is 12.4. The molecule has 0 fully saturated rings. The molecular formula is C20H21BrO2. The summed E-state index contributed by atoms with van der Waals surface area (Å²) in [5, 5.41) is 0. The summed E-state index contributed by atoms with van der Waals surface area (Å²) in [6.07, 6.45) is 1.49. The molecule has 0 aliphatic carbocycles. The Labute approximate surface area is 146 Å². The van der Waals surface area contributed by atoms with Crippen molar-refractivity contribution >= 4 is 27.5 Å². The second-order valence-electron chi connectivity index (χ2n) is 5.32. The molecule has 3 heteroatoms. The van der Waals surface area contributed by atoms with Crippen LogP contribution in [0.3, 0.4) is 0 Å². The third-order valence-electron chi connectivity index (χ3n) is 3.76. The molecule has 0 aliphatic heterocycles. The number of carbonyl (C=O) groups is 1. The number of hydrogen-bond donors (Lipinski definition) is 0. The highest BCUT2D eigenvalue weighted by molar-refractivity contribution is 9.10. The summed E-state index contributed by atoms with van der Waals surface area (Å²) in [4.78, 5) is 12.4. The van der Waals surface area contributed by atoms with E-state index in [4.69, 9.17) is 4.74 Å². The average molecular weight is 373 g/mol. The fraction of sp³-hybridized carbons (Fsp3) is 0.250. The van der Waals surface area contributed by atoms with E-state index in [1.807, 2.05) is 56.3 Å². The van der Waals surface area contributed by atoms with Gasteiger partial charge in [-0.25, -0.2) is 4.79 Å². The quantitative estimate of drug-likeness (QED) is 0.499. The highest BCUT2D eigenvalue weighted by Gasteiger charge is 2.15. The van der Waals surface area contributed by atoms with E-state index < -0.39 is 0 Å². The van der Waals surface area contributed by atoms with Gasteiger partial charge in [0, 0.05) is 10.0 Å². The minimum absolute atomic E-state index is 0.219. The maximum absolute atomic E-state index is 12.4. The van der Waals surface area contributed by atoms with Gasteiger partial charge in [0.15, 0.2) is 0 Å². The van der Waals surface area contributed by atoms with Crippen molar-refractivity contribution in [3.05, 3.63) is 75.8 Å². The Morgan fingerprint density at radius 1 is 1.04 bits per heavy atom. The summed E-state index contributed by atoms with van der Waals surface area (Å²) >= 11 is 3.44. The molecule has 0 spiro atoms. The molecule has 0 aliphatic rings. The van der Waals surface area contributed by atoms with Crippen LogP contribution in [0.1, 0.15) is 31.4 Å². The number of ether oxygens (including phenoxy) is 1. The summed E-state index contributed by atoms with van der Waals surface area (Å²) in [7, 11) is 0. The maximum Gasteiger partial charge on any atom is 0.334 e. The lowest BCUT2D eigenvalue weighted by Crippen LogP contribution is -2.10. The van der Waals surface area contributed by atoms with Crippen molar-refractivity contribution in [2.24, 2.45) is 0 Å². The number of esters is 1. The number of halogens is 1. The second kappa shape index (κ2) is 8.68. The van der Waals surface area contributed by atoms with Gasteiger partial charge in [0.2, 0.25) is 0 Å². The molecule has 0 N–H and O–H groups in total. The highest BCUT2D eigenvalue weighted by Crippen LogP contribution is 2.24.